The molecule has 2 aliphatic rings. The number of ketones is 1. The van der Waals surface area contributed by atoms with Crippen molar-refractivity contribution in [2.75, 3.05) is 27.3 Å². The predicted octanol–water partition coefficient (Wildman–Crippen LogP) is 0.362. The number of methoxy groups -OCH3 is 2. The van der Waals surface area contributed by atoms with E-state index < -0.39 is 28.9 Å². The minimum Gasteiger partial charge on any atom is -0.493 e. The lowest BCUT2D eigenvalue weighted by Gasteiger charge is -2.47. The van der Waals surface area contributed by atoms with Crippen LogP contribution >= 0.6 is 0 Å². The molecule has 4 rings (SSSR count). The first-order chi connectivity index (χ1) is 15.6. The molecule has 1 aliphatic heterocycles. The number of benzene rings is 2. The second-order valence-corrected chi connectivity index (χ2v) is 8.73. The van der Waals surface area contributed by atoms with Gasteiger partial charge in [0.1, 0.15) is 0 Å². The Morgan fingerprint density at radius 3 is 2.15 bits per heavy atom. The van der Waals surface area contributed by atoms with Crippen LogP contribution in [0, 0.1) is 5.92 Å². The molecule has 9 nitrogen and oxygen atoms in total. The topological polar surface area (TPSA) is 140 Å². The number of hydrogen-bond donors (Lipinski definition) is 5. The summed E-state index contributed by atoms with van der Waals surface area (Å²) in [7, 11) is 2.67. The summed E-state index contributed by atoms with van der Waals surface area (Å²) in [5.41, 5.74) is -2.86. The smallest absolute Gasteiger partial charge is 0.240 e. The number of ether oxygens (including phenoxy) is 2. The molecule has 1 aliphatic carbocycles. The first kappa shape index (κ1) is 23.6. The number of fused-ring (bicyclic) bond motifs is 1. The van der Waals surface area contributed by atoms with E-state index in [0.717, 1.165) is 11.6 Å². The summed E-state index contributed by atoms with van der Waals surface area (Å²) in [4.78, 5) is 15.3. The molecule has 0 amide bonds. The Labute approximate surface area is 191 Å². The van der Waals surface area contributed by atoms with Gasteiger partial charge in [-0.15, -0.1) is 0 Å². The van der Waals surface area contributed by atoms with Crippen LogP contribution in [0.15, 0.2) is 42.5 Å². The SMILES string of the molecule is COc1cc2c(cc1OC)C(O)(O)C(O)(C(O)(O)C1CCN(Cc3ccccc3)CC1)C2=O. The van der Waals surface area contributed by atoms with E-state index in [1.165, 1.54) is 20.3 Å². The van der Waals surface area contributed by atoms with Crippen molar-refractivity contribution >= 4 is 5.78 Å². The lowest BCUT2D eigenvalue weighted by Crippen LogP contribution is -2.70. The van der Waals surface area contributed by atoms with Crippen molar-refractivity contribution in [3.8, 4) is 11.5 Å². The minimum absolute atomic E-state index is 0.0940. The van der Waals surface area contributed by atoms with Crippen molar-refractivity contribution in [2.24, 2.45) is 5.92 Å². The van der Waals surface area contributed by atoms with Crippen LogP contribution in [-0.4, -0.2) is 74.9 Å². The Kier molecular flexibility index (Phi) is 5.98. The van der Waals surface area contributed by atoms with Gasteiger partial charge in [0.05, 0.1) is 14.2 Å². The van der Waals surface area contributed by atoms with Gasteiger partial charge in [-0.1, -0.05) is 30.3 Å². The zero-order valence-corrected chi connectivity index (χ0v) is 18.6. The summed E-state index contributed by atoms with van der Waals surface area (Å²) in [6, 6.07) is 12.1. The normalized spacial score (nSPS) is 23.4. The Balaban J connectivity index is 1.60. The third-order valence-electron chi connectivity index (χ3n) is 6.92. The zero-order chi connectivity index (χ0) is 24.0. The molecule has 0 bridgehead atoms. The van der Waals surface area contributed by atoms with Gasteiger partial charge in [-0.2, -0.15) is 0 Å². The fraction of sp³-hybridized carbons (Fsp3) is 0.458. The fourth-order valence-corrected chi connectivity index (χ4v) is 4.96. The first-order valence-electron chi connectivity index (χ1n) is 10.8. The number of carbonyl (C=O) groups is 1. The molecule has 1 heterocycles. The van der Waals surface area contributed by atoms with Crippen LogP contribution < -0.4 is 9.47 Å². The summed E-state index contributed by atoms with van der Waals surface area (Å²) in [6.45, 7) is 1.63. The van der Waals surface area contributed by atoms with E-state index in [9.17, 15) is 30.3 Å². The van der Waals surface area contributed by atoms with Crippen molar-refractivity contribution in [3.63, 3.8) is 0 Å². The third kappa shape index (κ3) is 3.52. The van der Waals surface area contributed by atoms with Crippen LogP contribution in [0.25, 0.3) is 0 Å². The van der Waals surface area contributed by atoms with Gasteiger partial charge in [-0.05, 0) is 43.6 Å². The molecule has 0 aromatic heterocycles. The molecule has 2 aromatic carbocycles. The van der Waals surface area contributed by atoms with E-state index >= 15 is 0 Å². The maximum absolute atomic E-state index is 13.2. The van der Waals surface area contributed by atoms with Gasteiger partial charge in [0.15, 0.2) is 11.5 Å². The molecule has 5 N–H and O–H groups in total. The lowest BCUT2D eigenvalue weighted by atomic mass is 9.73. The number of carbonyl (C=O) groups excluding carboxylic acids is 1. The second-order valence-electron chi connectivity index (χ2n) is 8.73. The monoisotopic (exact) mass is 459 g/mol. The number of hydrogen-bond acceptors (Lipinski definition) is 9. The van der Waals surface area contributed by atoms with E-state index in [4.69, 9.17) is 9.47 Å². The average molecular weight is 459 g/mol. The molecule has 33 heavy (non-hydrogen) atoms. The highest BCUT2D eigenvalue weighted by Crippen LogP contribution is 2.52. The summed E-state index contributed by atoms with van der Waals surface area (Å²) in [5, 5.41) is 55.2. The molecule has 178 valence electrons. The lowest BCUT2D eigenvalue weighted by molar-refractivity contribution is -0.375. The molecule has 0 saturated carbocycles. The first-order valence-corrected chi connectivity index (χ1v) is 10.8. The molecule has 1 saturated heterocycles. The summed E-state index contributed by atoms with van der Waals surface area (Å²) >= 11 is 0. The van der Waals surface area contributed by atoms with E-state index in [1.807, 2.05) is 30.3 Å². The Hall–Kier alpha value is -2.53. The van der Waals surface area contributed by atoms with Gasteiger partial charge >= 0.3 is 0 Å². The number of piperidine rings is 1. The van der Waals surface area contributed by atoms with Gasteiger partial charge in [-0.3, -0.25) is 9.69 Å². The molecule has 9 heteroatoms. The van der Waals surface area contributed by atoms with Crippen molar-refractivity contribution < 1.29 is 39.8 Å². The average Bonchev–Trinajstić information content (AvgIpc) is 2.97. The Bertz CT molecular complexity index is 1030. The summed E-state index contributed by atoms with van der Waals surface area (Å²) < 4.78 is 10.3. The summed E-state index contributed by atoms with van der Waals surface area (Å²) in [6.07, 6.45) is 0.461. The number of rotatable bonds is 6. The second kappa shape index (κ2) is 8.35. The summed E-state index contributed by atoms with van der Waals surface area (Å²) in [5.74, 6) is -8.33. The van der Waals surface area contributed by atoms with E-state index in [0.29, 0.717) is 19.6 Å². The van der Waals surface area contributed by atoms with Crippen molar-refractivity contribution in [2.45, 2.75) is 36.6 Å². The number of likely N-dealkylation sites (tertiary alicyclic amines) is 1. The fourth-order valence-electron chi connectivity index (χ4n) is 4.96. The molecule has 1 atom stereocenters. The molecular formula is C24H29NO8. The predicted molar refractivity (Wildman–Crippen MR) is 117 cm³/mol. The van der Waals surface area contributed by atoms with Crippen molar-refractivity contribution in [3.05, 3.63) is 59.2 Å². The molecule has 2 aromatic rings. The molecule has 0 spiro atoms. The van der Waals surface area contributed by atoms with Crippen LogP contribution in [0.5, 0.6) is 11.5 Å². The molecule has 1 unspecified atom stereocenters. The number of Topliss-reactive ketones (excluding diaryl/α,β-unsaturated/α-hetero) is 1. The van der Waals surface area contributed by atoms with Crippen LogP contribution in [0.1, 0.15) is 34.3 Å². The molecular weight excluding hydrogens is 430 g/mol. The van der Waals surface area contributed by atoms with E-state index in [-0.39, 0.29) is 35.5 Å². The van der Waals surface area contributed by atoms with Crippen molar-refractivity contribution in [1.29, 1.82) is 0 Å². The van der Waals surface area contributed by atoms with Crippen LogP contribution in [0.3, 0.4) is 0 Å². The van der Waals surface area contributed by atoms with Crippen LogP contribution in [0.2, 0.25) is 0 Å². The van der Waals surface area contributed by atoms with Crippen LogP contribution in [-0.2, 0) is 12.3 Å². The van der Waals surface area contributed by atoms with Gasteiger partial charge in [-0.25, -0.2) is 0 Å². The highest BCUT2D eigenvalue weighted by molar-refractivity contribution is 6.09. The van der Waals surface area contributed by atoms with E-state index in [2.05, 4.69) is 4.90 Å². The van der Waals surface area contributed by atoms with Crippen molar-refractivity contribution in [1.82, 2.24) is 4.90 Å². The number of aliphatic hydroxyl groups is 5. The van der Waals surface area contributed by atoms with Gasteiger partial charge < -0.3 is 35.0 Å². The standard InChI is InChI=1S/C24H29NO8/c1-32-19-12-17-18(13-20(19)33-2)24(30,31)22(27,21(17)26)23(28,29)16-8-10-25(11-9-16)14-15-6-4-3-5-7-15/h3-7,12-13,16,27-31H,8-11,14H2,1-2H3. The third-order valence-corrected chi connectivity index (χ3v) is 6.92. The quantitative estimate of drug-likeness (QED) is 0.387. The minimum atomic E-state index is -3.30. The maximum atomic E-state index is 13.2. The molecule has 0 radical (unpaired) electrons. The van der Waals surface area contributed by atoms with E-state index in [1.54, 1.807) is 0 Å². The largest absolute Gasteiger partial charge is 0.493 e. The zero-order valence-electron chi connectivity index (χ0n) is 18.6. The van der Waals surface area contributed by atoms with Gasteiger partial charge in [0.2, 0.25) is 23.0 Å². The Morgan fingerprint density at radius 2 is 1.58 bits per heavy atom. The van der Waals surface area contributed by atoms with Gasteiger partial charge in [0.25, 0.3) is 0 Å². The maximum Gasteiger partial charge on any atom is 0.240 e. The Morgan fingerprint density at radius 1 is 1.00 bits per heavy atom. The highest BCUT2D eigenvalue weighted by Gasteiger charge is 2.73. The highest BCUT2D eigenvalue weighted by atomic mass is 16.6. The molecule has 1 fully saturated rings. The number of nitrogens with zero attached hydrogens (tertiary/aromatic N) is 1. The van der Waals surface area contributed by atoms with Gasteiger partial charge in [0, 0.05) is 23.6 Å². The van der Waals surface area contributed by atoms with Crippen LogP contribution in [0.4, 0.5) is 0 Å².